The zero-order valence-electron chi connectivity index (χ0n) is 14.8. The van der Waals surface area contributed by atoms with Crippen molar-refractivity contribution >= 4 is 5.91 Å². The summed E-state index contributed by atoms with van der Waals surface area (Å²) >= 11 is 0. The van der Waals surface area contributed by atoms with Gasteiger partial charge in [-0.25, -0.2) is 0 Å². The number of rotatable bonds is 5. The molecular weight excluding hydrogens is 314 g/mol. The average Bonchev–Trinajstić information content (AvgIpc) is 2.68. The Morgan fingerprint density at radius 3 is 2.24 bits per heavy atom. The van der Waals surface area contributed by atoms with E-state index < -0.39 is 0 Å². The second-order valence-corrected chi connectivity index (χ2v) is 6.50. The molecule has 1 N–H and O–H groups in total. The number of amides is 1. The Morgan fingerprint density at radius 1 is 0.920 bits per heavy atom. The van der Waals surface area contributed by atoms with Gasteiger partial charge in [-0.3, -0.25) is 4.79 Å². The number of carbonyl (C=O) groups excluding carboxylic acids is 1. The van der Waals surface area contributed by atoms with Gasteiger partial charge in [0.05, 0.1) is 14.2 Å². The van der Waals surface area contributed by atoms with E-state index in [4.69, 9.17) is 9.47 Å². The molecule has 2 aromatic carbocycles. The number of hydrogen-bond donors (Lipinski definition) is 1. The minimum atomic E-state index is -0.0517. The molecule has 1 aliphatic rings. The van der Waals surface area contributed by atoms with Crippen molar-refractivity contribution in [2.45, 2.75) is 37.6 Å². The Hall–Kier alpha value is -2.49. The summed E-state index contributed by atoms with van der Waals surface area (Å²) in [5, 5.41) is 3.16. The summed E-state index contributed by atoms with van der Waals surface area (Å²) in [5.74, 6) is 1.75. The summed E-state index contributed by atoms with van der Waals surface area (Å²) in [4.78, 5) is 12.5. The summed E-state index contributed by atoms with van der Waals surface area (Å²) in [6, 6.07) is 16.1. The molecule has 0 saturated heterocycles. The molecule has 1 fully saturated rings. The molecule has 1 amide bonds. The van der Waals surface area contributed by atoms with Crippen molar-refractivity contribution in [2.75, 3.05) is 14.2 Å². The van der Waals surface area contributed by atoms with Crippen LogP contribution in [0.15, 0.2) is 48.5 Å². The lowest BCUT2D eigenvalue weighted by Gasteiger charge is -2.29. The minimum Gasteiger partial charge on any atom is -0.493 e. The third kappa shape index (κ3) is 4.13. The summed E-state index contributed by atoms with van der Waals surface area (Å²) in [6.07, 6.45) is 4.25. The highest BCUT2D eigenvalue weighted by molar-refractivity contribution is 5.95. The Balaban J connectivity index is 1.58. The highest BCUT2D eigenvalue weighted by Gasteiger charge is 2.24. The van der Waals surface area contributed by atoms with Gasteiger partial charge in [0.15, 0.2) is 11.5 Å². The Bertz CT molecular complexity index is 706. The smallest absolute Gasteiger partial charge is 0.251 e. The van der Waals surface area contributed by atoms with Gasteiger partial charge in [0, 0.05) is 11.6 Å². The quantitative estimate of drug-likeness (QED) is 0.890. The van der Waals surface area contributed by atoms with E-state index in [-0.39, 0.29) is 11.9 Å². The lowest BCUT2D eigenvalue weighted by molar-refractivity contribution is 0.0925. The predicted molar refractivity (Wildman–Crippen MR) is 98.5 cm³/mol. The SMILES string of the molecule is COc1ccc(C(=O)NC2CCC(c3ccccc3)CC2)cc1OC. The van der Waals surface area contributed by atoms with Crippen LogP contribution in [0.5, 0.6) is 11.5 Å². The predicted octanol–water partition coefficient (Wildman–Crippen LogP) is 4.16. The molecule has 0 radical (unpaired) electrons. The van der Waals surface area contributed by atoms with Crippen LogP contribution in [0.1, 0.15) is 47.5 Å². The van der Waals surface area contributed by atoms with Crippen LogP contribution in [0.4, 0.5) is 0 Å². The normalized spacial score (nSPS) is 19.9. The number of ether oxygens (including phenoxy) is 2. The summed E-state index contributed by atoms with van der Waals surface area (Å²) in [7, 11) is 3.16. The van der Waals surface area contributed by atoms with E-state index in [1.54, 1.807) is 32.4 Å². The van der Waals surface area contributed by atoms with E-state index >= 15 is 0 Å². The van der Waals surface area contributed by atoms with Gasteiger partial charge in [0.2, 0.25) is 0 Å². The van der Waals surface area contributed by atoms with Crippen LogP contribution in [0.3, 0.4) is 0 Å². The van der Waals surface area contributed by atoms with Crippen molar-refractivity contribution in [1.82, 2.24) is 5.32 Å². The first-order chi connectivity index (χ1) is 12.2. The van der Waals surface area contributed by atoms with Gasteiger partial charge < -0.3 is 14.8 Å². The molecule has 3 rings (SSSR count). The van der Waals surface area contributed by atoms with E-state index in [2.05, 4.69) is 35.6 Å². The van der Waals surface area contributed by atoms with E-state index in [9.17, 15) is 4.79 Å². The standard InChI is InChI=1S/C21H25NO3/c1-24-19-13-10-17(14-20(19)25-2)21(23)22-18-11-8-16(9-12-18)15-6-4-3-5-7-15/h3-7,10,13-14,16,18H,8-9,11-12H2,1-2H3,(H,22,23). The Morgan fingerprint density at radius 2 is 1.60 bits per heavy atom. The van der Waals surface area contributed by atoms with Crippen LogP contribution in [-0.4, -0.2) is 26.2 Å². The number of methoxy groups -OCH3 is 2. The molecular formula is C21H25NO3. The maximum Gasteiger partial charge on any atom is 0.251 e. The first-order valence-electron chi connectivity index (χ1n) is 8.79. The molecule has 1 saturated carbocycles. The fourth-order valence-electron chi connectivity index (χ4n) is 3.54. The molecule has 0 heterocycles. The van der Waals surface area contributed by atoms with E-state index in [0.717, 1.165) is 25.7 Å². The molecule has 0 bridgehead atoms. The lowest BCUT2D eigenvalue weighted by atomic mass is 9.82. The number of benzene rings is 2. The van der Waals surface area contributed by atoms with Crippen molar-refractivity contribution < 1.29 is 14.3 Å². The van der Waals surface area contributed by atoms with Gasteiger partial charge in [-0.15, -0.1) is 0 Å². The first-order valence-corrected chi connectivity index (χ1v) is 8.79. The Kier molecular flexibility index (Phi) is 5.59. The largest absolute Gasteiger partial charge is 0.493 e. The van der Waals surface area contributed by atoms with Crippen molar-refractivity contribution in [3.05, 3.63) is 59.7 Å². The van der Waals surface area contributed by atoms with Crippen LogP contribution in [0.25, 0.3) is 0 Å². The van der Waals surface area contributed by atoms with Crippen LogP contribution in [-0.2, 0) is 0 Å². The van der Waals surface area contributed by atoms with E-state index in [0.29, 0.717) is 23.0 Å². The van der Waals surface area contributed by atoms with Crippen LogP contribution in [0.2, 0.25) is 0 Å². The first kappa shape index (κ1) is 17.3. The molecule has 0 aromatic heterocycles. The minimum absolute atomic E-state index is 0.0517. The third-order valence-corrected chi connectivity index (χ3v) is 4.98. The van der Waals surface area contributed by atoms with Crippen molar-refractivity contribution in [2.24, 2.45) is 0 Å². The molecule has 4 nitrogen and oxygen atoms in total. The van der Waals surface area contributed by atoms with Crippen molar-refractivity contribution in [3.8, 4) is 11.5 Å². The number of carbonyl (C=O) groups is 1. The fraction of sp³-hybridized carbons (Fsp3) is 0.381. The van der Waals surface area contributed by atoms with Gasteiger partial charge >= 0.3 is 0 Å². The second-order valence-electron chi connectivity index (χ2n) is 6.50. The van der Waals surface area contributed by atoms with E-state index in [1.807, 2.05) is 0 Å². The fourth-order valence-corrected chi connectivity index (χ4v) is 3.54. The Labute approximate surface area is 149 Å². The van der Waals surface area contributed by atoms with Crippen LogP contribution >= 0.6 is 0 Å². The lowest BCUT2D eigenvalue weighted by Crippen LogP contribution is -2.37. The molecule has 132 valence electrons. The summed E-state index contributed by atoms with van der Waals surface area (Å²) < 4.78 is 10.5. The summed E-state index contributed by atoms with van der Waals surface area (Å²) in [5.41, 5.74) is 2.01. The van der Waals surface area contributed by atoms with E-state index in [1.165, 1.54) is 5.56 Å². The van der Waals surface area contributed by atoms with Crippen molar-refractivity contribution in [3.63, 3.8) is 0 Å². The number of nitrogens with one attached hydrogen (secondary N) is 1. The highest BCUT2D eigenvalue weighted by Crippen LogP contribution is 2.33. The summed E-state index contributed by atoms with van der Waals surface area (Å²) in [6.45, 7) is 0. The average molecular weight is 339 g/mol. The maximum absolute atomic E-state index is 12.5. The molecule has 0 unspecified atom stereocenters. The zero-order chi connectivity index (χ0) is 17.6. The second kappa shape index (κ2) is 8.06. The van der Waals surface area contributed by atoms with Crippen LogP contribution in [0, 0.1) is 0 Å². The number of hydrogen-bond acceptors (Lipinski definition) is 3. The van der Waals surface area contributed by atoms with Gasteiger partial charge in [-0.1, -0.05) is 30.3 Å². The molecule has 1 aliphatic carbocycles. The van der Waals surface area contributed by atoms with Gasteiger partial charge in [-0.2, -0.15) is 0 Å². The van der Waals surface area contributed by atoms with Crippen molar-refractivity contribution in [1.29, 1.82) is 0 Å². The zero-order valence-corrected chi connectivity index (χ0v) is 14.8. The topological polar surface area (TPSA) is 47.6 Å². The van der Waals surface area contributed by atoms with Gasteiger partial charge in [0.1, 0.15) is 0 Å². The maximum atomic E-state index is 12.5. The molecule has 25 heavy (non-hydrogen) atoms. The molecule has 2 aromatic rings. The van der Waals surface area contributed by atoms with Crippen LogP contribution < -0.4 is 14.8 Å². The molecule has 0 atom stereocenters. The molecule has 0 spiro atoms. The van der Waals surface area contributed by atoms with Gasteiger partial charge in [0.25, 0.3) is 5.91 Å². The highest BCUT2D eigenvalue weighted by atomic mass is 16.5. The monoisotopic (exact) mass is 339 g/mol. The molecule has 4 heteroatoms. The third-order valence-electron chi connectivity index (χ3n) is 4.98. The molecule has 0 aliphatic heterocycles. The van der Waals surface area contributed by atoms with Gasteiger partial charge in [-0.05, 0) is 55.4 Å².